The fourth-order valence-corrected chi connectivity index (χ4v) is 3.54. The predicted molar refractivity (Wildman–Crippen MR) is 91.5 cm³/mol. The number of halogens is 1. The molecule has 2 aliphatic rings. The molecular weight excluding hydrogens is 339 g/mol. The first kappa shape index (κ1) is 17.0. The van der Waals surface area contributed by atoms with Crippen LogP contribution in [0.15, 0.2) is 10.5 Å². The van der Waals surface area contributed by atoms with Crippen molar-refractivity contribution in [3.63, 3.8) is 0 Å². The highest BCUT2D eigenvalue weighted by Crippen LogP contribution is 2.36. The van der Waals surface area contributed by atoms with E-state index in [1.165, 1.54) is 0 Å². The number of amides is 1. The summed E-state index contributed by atoms with van der Waals surface area (Å²) < 4.78 is 25.7. The minimum absolute atomic E-state index is 0.0631. The normalized spacial score (nSPS) is 20.2. The Kier molecular flexibility index (Phi) is 3.78. The highest BCUT2D eigenvalue weighted by Gasteiger charge is 2.38. The monoisotopic (exact) mass is 360 g/mol. The molecule has 0 radical (unpaired) electrons. The minimum atomic E-state index is -0.539. The maximum absolute atomic E-state index is 14.7. The van der Waals surface area contributed by atoms with Gasteiger partial charge >= 0.3 is 6.09 Å². The number of carbonyl (C=O) groups excluding carboxylic acids is 2. The molecule has 1 atom stereocenters. The van der Waals surface area contributed by atoms with Gasteiger partial charge in [0.1, 0.15) is 17.4 Å². The zero-order chi connectivity index (χ0) is 18.6. The first-order valence-corrected chi connectivity index (χ1v) is 8.79. The smallest absolute Gasteiger partial charge is 0.410 e. The summed E-state index contributed by atoms with van der Waals surface area (Å²) in [4.78, 5) is 29.0. The van der Waals surface area contributed by atoms with Gasteiger partial charge in [-0.05, 0) is 50.8 Å². The van der Waals surface area contributed by atoms with Crippen molar-refractivity contribution in [1.29, 1.82) is 0 Å². The van der Waals surface area contributed by atoms with Gasteiger partial charge in [0, 0.05) is 19.0 Å². The van der Waals surface area contributed by atoms with Gasteiger partial charge < -0.3 is 18.8 Å². The van der Waals surface area contributed by atoms with Crippen LogP contribution in [0, 0.1) is 11.7 Å². The van der Waals surface area contributed by atoms with E-state index in [1.54, 1.807) is 4.90 Å². The van der Waals surface area contributed by atoms with Gasteiger partial charge in [-0.2, -0.15) is 0 Å². The Morgan fingerprint density at radius 1 is 1.38 bits per heavy atom. The van der Waals surface area contributed by atoms with E-state index in [1.807, 2.05) is 26.8 Å². The van der Waals surface area contributed by atoms with Crippen LogP contribution in [0.2, 0.25) is 0 Å². The molecule has 138 valence electrons. The van der Waals surface area contributed by atoms with E-state index < -0.39 is 11.4 Å². The average Bonchev–Trinajstić information content (AvgIpc) is 3.08. The highest BCUT2D eigenvalue weighted by atomic mass is 19.1. The molecule has 6 nitrogen and oxygen atoms in total. The number of rotatable bonds is 2. The molecule has 1 aliphatic heterocycles. The van der Waals surface area contributed by atoms with Crippen molar-refractivity contribution in [2.24, 2.45) is 5.92 Å². The van der Waals surface area contributed by atoms with E-state index in [0.29, 0.717) is 42.9 Å². The van der Waals surface area contributed by atoms with Crippen LogP contribution in [0.1, 0.15) is 43.7 Å². The number of oxazole rings is 1. The largest absolute Gasteiger partial charge is 0.444 e. The molecular formula is C19H21FN2O4. The summed E-state index contributed by atoms with van der Waals surface area (Å²) in [5.41, 5.74) is 1.46. The van der Waals surface area contributed by atoms with E-state index in [9.17, 15) is 14.0 Å². The van der Waals surface area contributed by atoms with E-state index in [0.717, 1.165) is 11.8 Å². The number of ether oxygens (including phenoxy) is 1. The second-order valence-electron chi connectivity index (χ2n) is 8.12. The van der Waals surface area contributed by atoms with Crippen LogP contribution in [0.4, 0.5) is 9.18 Å². The maximum atomic E-state index is 14.7. The Morgan fingerprint density at radius 3 is 2.77 bits per heavy atom. The Labute approximate surface area is 150 Å². The van der Waals surface area contributed by atoms with Gasteiger partial charge in [0.25, 0.3) is 0 Å². The average molecular weight is 360 g/mol. The van der Waals surface area contributed by atoms with E-state index >= 15 is 0 Å². The summed E-state index contributed by atoms with van der Waals surface area (Å²) in [6.45, 7) is 6.34. The van der Waals surface area contributed by atoms with Gasteiger partial charge in [-0.15, -0.1) is 0 Å². The number of carbonyl (C=O) groups is 2. The number of hydrogen-bond donors (Lipinski definition) is 0. The second-order valence-corrected chi connectivity index (χ2v) is 8.12. The highest BCUT2D eigenvalue weighted by molar-refractivity contribution is 5.77. The van der Waals surface area contributed by atoms with Gasteiger partial charge in [-0.25, -0.2) is 14.2 Å². The summed E-state index contributed by atoms with van der Waals surface area (Å²) in [6.07, 6.45) is 1.46. The summed E-state index contributed by atoms with van der Waals surface area (Å²) in [7, 11) is 0. The summed E-state index contributed by atoms with van der Waals surface area (Å²) in [6, 6.07) is 1.81. The topological polar surface area (TPSA) is 72.6 Å². The van der Waals surface area contributed by atoms with Gasteiger partial charge in [0.15, 0.2) is 11.4 Å². The molecule has 4 rings (SSSR count). The fraction of sp³-hybridized carbons (Fsp3) is 0.526. The molecule has 7 heteroatoms. The van der Waals surface area contributed by atoms with Gasteiger partial charge in [0.05, 0.1) is 5.92 Å². The zero-order valence-corrected chi connectivity index (χ0v) is 15.0. The lowest BCUT2D eigenvalue weighted by Gasteiger charge is -2.38. The van der Waals surface area contributed by atoms with Crippen LogP contribution in [-0.4, -0.2) is 41.0 Å². The number of likely N-dealkylation sites (tertiary alicyclic amines) is 1. The molecule has 2 heterocycles. The van der Waals surface area contributed by atoms with Crippen molar-refractivity contribution in [2.45, 2.75) is 45.1 Å². The van der Waals surface area contributed by atoms with Crippen molar-refractivity contribution < 1.29 is 23.1 Å². The van der Waals surface area contributed by atoms with Crippen molar-refractivity contribution in [3.05, 3.63) is 28.9 Å². The molecule has 26 heavy (non-hydrogen) atoms. The van der Waals surface area contributed by atoms with Crippen LogP contribution in [0.3, 0.4) is 0 Å². The van der Waals surface area contributed by atoms with Crippen LogP contribution in [0.25, 0.3) is 11.1 Å². The molecule has 0 N–H and O–H groups in total. The van der Waals surface area contributed by atoms with Crippen molar-refractivity contribution in [1.82, 2.24) is 9.88 Å². The summed E-state index contributed by atoms with van der Waals surface area (Å²) in [5.74, 6) is -0.204. The molecule has 1 unspecified atom stereocenters. The third-order valence-electron chi connectivity index (χ3n) is 4.86. The minimum Gasteiger partial charge on any atom is -0.444 e. The number of benzene rings is 1. The fourth-order valence-electron chi connectivity index (χ4n) is 3.54. The summed E-state index contributed by atoms with van der Waals surface area (Å²) >= 11 is 0. The molecule has 0 spiro atoms. The van der Waals surface area contributed by atoms with Gasteiger partial charge in [-0.3, -0.25) is 0 Å². The third kappa shape index (κ3) is 2.85. The molecule has 2 aromatic rings. The van der Waals surface area contributed by atoms with E-state index in [4.69, 9.17) is 9.15 Å². The Balaban J connectivity index is 1.51. The molecule has 1 amide bonds. The number of nitrogens with zero attached hydrogens (tertiary/aromatic N) is 2. The molecule has 1 fully saturated rings. The molecule has 1 saturated heterocycles. The van der Waals surface area contributed by atoms with Crippen LogP contribution >= 0.6 is 0 Å². The lowest BCUT2D eigenvalue weighted by atomic mass is 10.0. The summed E-state index contributed by atoms with van der Waals surface area (Å²) in [5, 5.41) is 0. The molecule has 1 aromatic carbocycles. The Bertz CT molecular complexity index is 893. The van der Waals surface area contributed by atoms with Gasteiger partial charge in [-0.1, -0.05) is 0 Å². The second kappa shape index (κ2) is 5.79. The standard InChI is InChI=1S/C19H21FN2O4/c1-19(2,3)26-18(24)22-7-12(8-22)17-21-14-6-11-4-10(9-23)5-13(11)15(20)16(14)25-17/h6,9-10,12H,4-5,7-8H2,1-3H3. The lowest BCUT2D eigenvalue weighted by molar-refractivity contribution is -0.110. The maximum Gasteiger partial charge on any atom is 0.410 e. The molecule has 0 saturated carbocycles. The zero-order valence-electron chi connectivity index (χ0n) is 15.0. The van der Waals surface area contributed by atoms with Crippen molar-refractivity contribution >= 4 is 23.5 Å². The third-order valence-corrected chi connectivity index (χ3v) is 4.86. The first-order chi connectivity index (χ1) is 12.2. The number of fused-ring (bicyclic) bond motifs is 2. The van der Waals surface area contributed by atoms with Crippen LogP contribution in [0.5, 0.6) is 0 Å². The van der Waals surface area contributed by atoms with Crippen molar-refractivity contribution in [3.8, 4) is 0 Å². The molecule has 1 aromatic heterocycles. The van der Waals surface area contributed by atoms with Crippen LogP contribution in [-0.2, 0) is 22.4 Å². The predicted octanol–water partition coefficient (Wildman–Crippen LogP) is 3.21. The number of hydrogen-bond acceptors (Lipinski definition) is 5. The molecule has 0 bridgehead atoms. The van der Waals surface area contributed by atoms with Crippen LogP contribution < -0.4 is 0 Å². The lowest BCUT2D eigenvalue weighted by Crippen LogP contribution is -2.50. The number of aldehydes is 1. The number of aromatic nitrogens is 1. The first-order valence-electron chi connectivity index (χ1n) is 8.79. The Morgan fingerprint density at radius 2 is 2.12 bits per heavy atom. The van der Waals surface area contributed by atoms with E-state index in [2.05, 4.69) is 4.98 Å². The SMILES string of the molecule is CC(C)(C)OC(=O)N1CC(c2nc3cc4c(c(F)c3o2)CC(C=O)C4)C1. The Hall–Kier alpha value is -2.44. The van der Waals surface area contributed by atoms with Gasteiger partial charge in [0.2, 0.25) is 5.89 Å². The quantitative estimate of drug-likeness (QED) is 0.769. The molecule has 1 aliphatic carbocycles. The van der Waals surface area contributed by atoms with E-state index in [-0.39, 0.29) is 23.5 Å². The van der Waals surface area contributed by atoms with Crippen molar-refractivity contribution in [2.75, 3.05) is 13.1 Å².